The number of benzene rings is 2. The second-order valence-electron chi connectivity index (χ2n) is 4.75. The Labute approximate surface area is 135 Å². The third-order valence-corrected chi connectivity index (χ3v) is 3.20. The maximum Gasteiger partial charge on any atom is 0.339 e. The molecule has 2 rings (SSSR count). The van der Waals surface area contributed by atoms with Crippen LogP contribution in [0.1, 0.15) is 11.1 Å². The molecule has 6 nitrogen and oxygen atoms in total. The van der Waals surface area contributed by atoms with E-state index >= 15 is 0 Å². The molecule has 120 valence electrons. The van der Waals surface area contributed by atoms with Gasteiger partial charge in [0.15, 0.2) is 0 Å². The molecule has 0 atom stereocenters. The number of anilines is 1. The van der Waals surface area contributed by atoms with Crippen LogP contribution in [0.25, 0.3) is 0 Å². The summed E-state index contributed by atoms with van der Waals surface area (Å²) in [7, 11) is 3.15. The molecule has 0 aromatic heterocycles. The van der Waals surface area contributed by atoms with E-state index in [1.807, 2.05) is 31.2 Å². The molecule has 2 aromatic carbocycles. The summed E-state index contributed by atoms with van der Waals surface area (Å²) in [5, 5.41) is 6.66. The van der Waals surface area contributed by atoms with Crippen molar-refractivity contribution in [2.24, 2.45) is 5.10 Å². The molecule has 2 amide bonds. The molecule has 0 fully saturated rings. The van der Waals surface area contributed by atoms with Gasteiger partial charge in [-0.05, 0) is 36.8 Å². The van der Waals surface area contributed by atoms with Crippen LogP contribution in [0.3, 0.4) is 0 Å². The number of para-hydroxylation sites is 1. The second-order valence-corrected chi connectivity index (χ2v) is 4.75. The van der Waals surface area contributed by atoms with Crippen molar-refractivity contribution >= 4 is 17.9 Å². The highest BCUT2D eigenvalue weighted by molar-refractivity contribution is 5.91. The first kappa shape index (κ1) is 16.4. The largest absolute Gasteiger partial charge is 0.497 e. The van der Waals surface area contributed by atoms with Crippen molar-refractivity contribution in [3.8, 4) is 11.5 Å². The Bertz CT molecular complexity index is 714. The van der Waals surface area contributed by atoms with Crippen LogP contribution in [0.4, 0.5) is 10.5 Å². The number of amides is 2. The minimum atomic E-state index is -0.419. The maximum atomic E-state index is 11.8. The van der Waals surface area contributed by atoms with E-state index in [1.54, 1.807) is 32.4 Å². The number of carbonyl (C=O) groups excluding carboxylic acids is 1. The topological polar surface area (TPSA) is 72.0 Å². The van der Waals surface area contributed by atoms with Gasteiger partial charge in [0.25, 0.3) is 0 Å². The van der Waals surface area contributed by atoms with E-state index in [0.717, 1.165) is 11.3 Å². The highest BCUT2D eigenvalue weighted by atomic mass is 16.5. The van der Waals surface area contributed by atoms with Gasteiger partial charge in [0.1, 0.15) is 11.5 Å². The summed E-state index contributed by atoms with van der Waals surface area (Å²) in [4.78, 5) is 11.8. The summed E-state index contributed by atoms with van der Waals surface area (Å²) in [5.74, 6) is 1.31. The number of nitrogens with zero attached hydrogens (tertiary/aromatic N) is 1. The molecule has 0 aliphatic rings. The minimum Gasteiger partial charge on any atom is -0.497 e. The number of hydrogen-bond acceptors (Lipinski definition) is 4. The lowest BCUT2D eigenvalue weighted by molar-refractivity contribution is 0.252. The van der Waals surface area contributed by atoms with Crippen molar-refractivity contribution in [3.05, 3.63) is 53.6 Å². The smallest absolute Gasteiger partial charge is 0.339 e. The van der Waals surface area contributed by atoms with Crippen LogP contribution < -0.4 is 20.2 Å². The molecule has 2 N–H and O–H groups in total. The molecule has 6 heteroatoms. The quantitative estimate of drug-likeness (QED) is 0.658. The van der Waals surface area contributed by atoms with Gasteiger partial charge in [-0.25, -0.2) is 10.2 Å². The summed E-state index contributed by atoms with van der Waals surface area (Å²) in [6.45, 7) is 1.92. The van der Waals surface area contributed by atoms with Gasteiger partial charge in [0.2, 0.25) is 0 Å². The summed E-state index contributed by atoms with van der Waals surface area (Å²) in [5.41, 5.74) is 4.82. The maximum absolute atomic E-state index is 11.8. The Kier molecular flexibility index (Phi) is 5.57. The van der Waals surface area contributed by atoms with E-state index in [0.29, 0.717) is 17.1 Å². The minimum absolute atomic E-state index is 0.419. The lowest BCUT2D eigenvalue weighted by Crippen LogP contribution is -2.24. The number of urea groups is 1. The van der Waals surface area contributed by atoms with Crippen LogP contribution in [0.5, 0.6) is 11.5 Å². The van der Waals surface area contributed by atoms with Crippen molar-refractivity contribution in [3.63, 3.8) is 0 Å². The summed E-state index contributed by atoms with van der Waals surface area (Å²) in [6, 6.07) is 12.4. The van der Waals surface area contributed by atoms with Crippen molar-refractivity contribution < 1.29 is 14.3 Å². The molecule has 0 spiro atoms. The van der Waals surface area contributed by atoms with Crippen molar-refractivity contribution in [1.29, 1.82) is 0 Å². The number of ether oxygens (including phenoxy) is 2. The second kappa shape index (κ2) is 7.84. The zero-order chi connectivity index (χ0) is 16.7. The molecule has 23 heavy (non-hydrogen) atoms. The number of nitrogens with one attached hydrogen (secondary N) is 2. The SMILES string of the molecule is COc1ccc(OC)c(C=NNC(=O)Nc2ccccc2C)c1. The van der Waals surface area contributed by atoms with E-state index in [2.05, 4.69) is 15.8 Å². The van der Waals surface area contributed by atoms with E-state index < -0.39 is 6.03 Å². The number of hydrogen-bond donors (Lipinski definition) is 2. The Hall–Kier alpha value is -3.02. The zero-order valence-electron chi connectivity index (χ0n) is 13.3. The average molecular weight is 313 g/mol. The van der Waals surface area contributed by atoms with E-state index in [9.17, 15) is 4.79 Å². The Balaban J connectivity index is 2.01. The molecule has 2 aromatic rings. The lowest BCUT2D eigenvalue weighted by Gasteiger charge is -2.08. The molecule has 0 heterocycles. The average Bonchev–Trinajstić information content (AvgIpc) is 2.57. The predicted octanol–water partition coefficient (Wildman–Crippen LogP) is 3.17. The predicted molar refractivity (Wildman–Crippen MR) is 90.5 cm³/mol. The Morgan fingerprint density at radius 3 is 2.61 bits per heavy atom. The van der Waals surface area contributed by atoms with Crippen molar-refractivity contribution in [1.82, 2.24) is 5.43 Å². The van der Waals surface area contributed by atoms with Crippen molar-refractivity contribution in [2.75, 3.05) is 19.5 Å². The van der Waals surface area contributed by atoms with Gasteiger partial charge >= 0.3 is 6.03 Å². The fraction of sp³-hybridized carbons (Fsp3) is 0.176. The fourth-order valence-electron chi connectivity index (χ4n) is 1.96. The first-order valence-corrected chi connectivity index (χ1v) is 7.01. The fourth-order valence-corrected chi connectivity index (χ4v) is 1.96. The Morgan fingerprint density at radius 2 is 1.91 bits per heavy atom. The van der Waals surface area contributed by atoms with Crippen LogP contribution in [-0.2, 0) is 0 Å². The molecule has 0 saturated carbocycles. The van der Waals surface area contributed by atoms with Crippen LogP contribution in [0.2, 0.25) is 0 Å². The van der Waals surface area contributed by atoms with Gasteiger partial charge in [0.05, 0.1) is 20.4 Å². The molecular formula is C17H19N3O3. The molecule has 0 aliphatic carbocycles. The molecule has 0 bridgehead atoms. The summed E-state index contributed by atoms with van der Waals surface area (Å²) in [6.07, 6.45) is 1.50. The van der Waals surface area contributed by atoms with Crippen LogP contribution >= 0.6 is 0 Å². The summed E-state index contributed by atoms with van der Waals surface area (Å²) < 4.78 is 10.4. The molecule has 0 saturated heterocycles. The first-order valence-electron chi connectivity index (χ1n) is 7.01. The number of hydrazone groups is 1. The van der Waals surface area contributed by atoms with Crippen LogP contribution in [-0.4, -0.2) is 26.5 Å². The van der Waals surface area contributed by atoms with Crippen LogP contribution in [0, 0.1) is 6.92 Å². The zero-order valence-corrected chi connectivity index (χ0v) is 13.3. The standard InChI is InChI=1S/C17H19N3O3/c1-12-6-4-5-7-15(12)19-17(21)20-18-11-13-10-14(22-2)8-9-16(13)23-3/h4-11H,1-3H3,(H2,19,20,21). The van der Waals surface area contributed by atoms with Crippen molar-refractivity contribution in [2.45, 2.75) is 6.92 Å². The molecule has 0 radical (unpaired) electrons. The van der Waals surface area contributed by atoms with Gasteiger partial charge in [-0.3, -0.25) is 0 Å². The van der Waals surface area contributed by atoms with Gasteiger partial charge in [-0.1, -0.05) is 18.2 Å². The van der Waals surface area contributed by atoms with Gasteiger partial charge < -0.3 is 14.8 Å². The molecular weight excluding hydrogens is 294 g/mol. The normalized spacial score (nSPS) is 10.4. The highest BCUT2D eigenvalue weighted by Gasteiger charge is 2.04. The molecule has 0 unspecified atom stereocenters. The van der Waals surface area contributed by atoms with Crippen LogP contribution in [0.15, 0.2) is 47.6 Å². The number of aryl methyl sites for hydroxylation is 1. The van der Waals surface area contributed by atoms with E-state index in [1.165, 1.54) is 6.21 Å². The lowest BCUT2D eigenvalue weighted by atomic mass is 10.2. The van der Waals surface area contributed by atoms with Gasteiger partial charge in [-0.15, -0.1) is 0 Å². The Morgan fingerprint density at radius 1 is 1.13 bits per heavy atom. The van der Waals surface area contributed by atoms with Gasteiger partial charge in [-0.2, -0.15) is 5.10 Å². The number of carbonyl (C=O) groups is 1. The molecule has 0 aliphatic heterocycles. The highest BCUT2D eigenvalue weighted by Crippen LogP contribution is 2.22. The first-order chi connectivity index (χ1) is 11.1. The third kappa shape index (κ3) is 4.47. The van der Waals surface area contributed by atoms with E-state index in [4.69, 9.17) is 9.47 Å². The van der Waals surface area contributed by atoms with Gasteiger partial charge in [0, 0.05) is 11.3 Å². The number of rotatable bonds is 5. The van der Waals surface area contributed by atoms with E-state index in [-0.39, 0.29) is 0 Å². The monoisotopic (exact) mass is 313 g/mol. The number of methoxy groups -OCH3 is 2. The summed E-state index contributed by atoms with van der Waals surface area (Å²) >= 11 is 0. The third-order valence-electron chi connectivity index (χ3n) is 3.20.